The van der Waals surface area contributed by atoms with Crippen molar-refractivity contribution in [1.82, 2.24) is 0 Å². The van der Waals surface area contributed by atoms with Crippen LogP contribution in [0.25, 0.3) is 0 Å². The van der Waals surface area contributed by atoms with Crippen molar-refractivity contribution in [3.8, 4) is 11.5 Å². The maximum Gasteiger partial charge on any atom is 0.161 e. The second-order valence-corrected chi connectivity index (χ2v) is 5.59. The highest BCUT2D eigenvalue weighted by molar-refractivity contribution is 6.07. The fraction of sp³-hybridized carbons (Fsp3) is 0.278. The summed E-state index contributed by atoms with van der Waals surface area (Å²) in [5.41, 5.74) is 4.54. The average Bonchev–Trinajstić information content (AvgIpc) is 3.13. The molecule has 0 N–H and O–H groups in total. The summed E-state index contributed by atoms with van der Waals surface area (Å²) in [7, 11) is 3.31. The number of fused-ring (bicyclic) bond motifs is 3. The zero-order valence-corrected chi connectivity index (χ0v) is 12.6. The fourth-order valence-electron chi connectivity index (χ4n) is 3.35. The Morgan fingerprint density at radius 3 is 2.50 bits per heavy atom. The van der Waals surface area contributed by atoms with Crippen molar-refractivity contribution in [2.75, 3.05) is 14.2 Å². The molecule has 2 aromatic rings. The Morgan fingerprint density at radius 1 is 1.05 bits per heavy atom. The summed E-state index contributed by atoms with van der Waals surface area (Å²) in [6.07, 6.45) is 0.897. The van der Waals surface area contributed by atoms with E-state index in [4.69, 9.17) is 14.3 Å². The molecule has 2 unspecified atom stereocenters. The average molecular weight is 295 g/mol. The first kappa shape index (κ1) is 13.2. The minimum atomic E-state index is -0.0133. The first-order chi connectivity index (χ1) is 10.8. The molecule has 1 aliphatic heterocycles. The standard InChI is InChI=1S/C18H17NO3/c1-20-15-9-12-8-14-17(13(12)10-16(15)21-2)19-22-18(14)11-6-4-3-5-7-11/h3-7,9-10,14,18H,8H2,1-2H3. The molecule has 112 valence electrons. The van der Waals surface area contributed by atoms with Gasteiger partial charge in [-0.3, -0.25) is 0 Å². The van der Waals surface area contributed by atoms with E-state index in [-0.39, 0.29) is 12.0 Å². The van der Waals surface area contributed by atoms with Crippen LogP contribution in [0, 0.1) is 5.92 Å². The molecule has 0 bridgehead atoms. The van der Waals surface area contributed by atoms with Gasteiger partial charge in [-0.1, -0.05) is 35.5 Å². The zero-order chi connectivity index (χ0) is 15.1. The van der Waals surface area contributed by atoms with Crippen LogP contribution in [0.5, 0.6) is 11.5 Å². The molecule has 0 saturated heterocycles. The summed E-state index contributed by atoms with van der Waals surface area (Å²) < 4.78 is 10.8. The van der Waals surface area contributed by atoms with Crippen molar-refractivity contribution in [2.24, 2.45) is 11.1 Å². The van der Waals surface area contributed by atoms with Crippen LogP contribution < -0.4 is 9.47 Å². The van der Waals surface area contributed by atoms with Crippen LogP contribution >= 0.6 is 0 Å². The van der Waals surface area contributed by atoms with Gasteiger partial charge in [0.15, 0.2) is 17.6 Å². The van der Waals surface area contributed by atoms with Crippen LogP contribution in [0.1, 0.15) is 22.8 Å². The van der Waals surface area contributed by atoms with E-state index in [0.717, 1.165) is 34.8 Å². The maximum absolute atomic E-state index is 5.71. The molecular weight excluding hydrogens is 278 g/mol. The van der Waals surface area contributed by atoms with Crippen LogP contribution in [0.3, 0.4) is 0 Å². The summed E-state index contributed by atoms with van der Waals surface area (Å²) in [5, 5.41) is 4.35. The number of benzene rings is 2. The zero-order valence-electron chi connectivity index (χ0n) is 12.6. The number of hydrogen-bond donors (Lipinski definition) is 0. The van der Waals surface area contributed by atoms with Crippen LogP contribution in [0.2, 0.25) is 0 Å². The SMILES string of the molecule is COc1cc2c(cc1OC)C1=NOC(c3ccccc3)C1C2. The molecule has 0 saturated carbocycles. The van der Waals surface area contributed by atoms with Crippen molar-refractivity contribution < 1.29 is 14.3 Å². The van der Waals surface area contributed by atoms with Gasteiger partial charge in [0, 0.05) is 5.56 Å². The molecule has 2 atom stereocenters. The number of rotatable bonds is 3. The number of nitrogens with zero attached hydrogens (tertiary/aromatic N) is 1. The molecule has 22 heavy (non-hydrogen) atoms. The molecule has 4 heteroatoms. The summed E-state index contributed by atoms with van der Waals surface area (Å²) >= 11 is 0. The van der Waals surface area contributed by atoms with Gasteiger partial charge in [0.1, 0.15) is 0 Å². The van der Waals surface area contributed by atoms with Gasteiger partial charge >= 0.3 is 0 Å². The quantitative estimate of drug-likeness (QED) is 0.872. The van der Waals surface area contributed by atoms with Crippen molar-refractivity contribution in [3.05, 3.63) is 59.2 Å². The van der Waals surface area contributed by atoms with Crippen molar-refractivity contribution in [2.45, 2.75) is 12.5 Å². The minimum absolute atomic E-state index is 0.0133. The van der Waals surface area contributed by atoms with Gasteiger partial charge in [0.25, 0.3) is 0 Å². The van der Waals surface area contributed by atoms with Gasteiger partial charge in [0.2, 0.25) is 0 Å². The molecule has 1 heterocycles. The monoisotopic (exact) mass is 295 g/mol. The Hall–Kier alpha value is -2.49. The van der Waals surface area contributed by atoms with Crippen LogP contribution in [-0.4, -0.2) is 19.9 Å². The molecule has 0 radical (unpaired) electrons. The number of hydrogen-bond acceptors (Lipinski definition) is 4. The molecule has 2 aromatic carbocycles. The maximum atomic E-state index is 5.71. The van der Waals surface area contributed by atoms with Crippen molar-refractivity contribution >= 4 is 5.71 Å². The summed E-state index contributed by atoms with van der Waals surface area (Å²) in [6, 6.07) is 14.3. The lowest BCUT2D eigenvalue weighted by atomic mass is 9.93. The van der Waals surface area contributed by atoms with Crippen LogP contribution in [-0.2, 0) is 11.3 Å². The fourth-order valence-corrected chi connectivity index (χ4v) is 3.35. The molecule has 0 fully saturated rings. The molecular formula is C18H17NO3. The predicted molar refractivity (Wildman–Crippen MR) is 83.5 cm³/mol. The highest BCUT2D eigenvalue weighted by atomic mass is 16.6. The summed E-state index contributed by atoms with van der Waals surface area (Å²) in [4.78, 5) is 5.71. The van der Waals surface area contributed by atoms with Gasteiger partial charge in [-0.2, -0.15) is 0 Å². The first-order valence-corrected chi connectivity index (χ1v) is 7.35. The molecule has 4 rings (SSSR count). The lowest BCUT2D eigenvalue weighted by molar-refractivity contribution is 0.0614. The third-order valence-electron chi connectivity index (χ3n) is 4.43. The highest BCUT2D eigenvalue weighted by Gasteiger charge is 2.42. The molecule has 0 amide bonds. The largest absolute Gasteiger partial charge is 0.493 e. The van der Waals surface area contributed by atoms with E-state index in [1.54, 1.807) is 14.2 Å². The van der Waals surface area contributed by atoms with E-state index >= 15 is 0 Å². The first-order valence-electron chi connectivity index (χ1n) is 7.35. The molecule has 0 aromatic heterocycles. The smallest absolute Gasteiger partial charge is 0.161 e. The van der Waals surface area contributed by atoms with E-state index in [2.05, 4.69) is 23.4 Å². The molecule has 0 spiro atoms. The third-order valence-corrected chi connectivity index (χ3v) is 4.43. The minimum Gasteiger partial charge on any atom is -0.493 e. The van der Waals surface area contributed by atoms with Gasteiger partial charge in [-0.05, 0) is 29.7 Å². The summed E-state index contributed by atoms with van der Waals surface area (Å²) in [5.74, 6) is 1.75. The molecule has 2 aliphatic rings. The Bertz CT molecular complexity index is 739. The van der Waals surface area contributed by atoms with Gasteiger partial charge in [-0.15, -0.1) is 0 Å². The molecule has 1 aliphatic carbocycles. The Kier molecular flexibility index (Phi) is 3.03. The van der Waals surface area contributed by atoms with Crippen molar-refractivity contribution in [3.63, 3.8) is 0 Å². The van der Waals surface area contributed by atoms with Gasteiger partial charge in [0.05, 0.1) is 25.8 Å². The number of methoxy groups -OCH3 is 2. The van der Waals surface area contributed by atoms with E-state index in [1.807, 2.05) is 24.3 Å². The predicted octanol–water partition coefficient (Wildman–Crippen LogP) is 3.35. The van der Waals surface area contributed by atoms with Crippen LogP contribution in [0.15, 0.2) is 47.6 Å². The lowest BCUT2D eigenvalue weighted by Crippen LogP contribution is -2.14. The topological polar surface area (TPSA) is 40.0 Å². The lowest BCUT2D eigenvalue weighted by Gasteiger charge is -2.14. The Morgan fingerprint density at radius 2 is 1.77 bits per heavy atom. The normalized spacial score (nSPS) is 21.6. The molecule has 4 nitrogen and oxygen atoms in total. The van der Waals surface area contributed by atoms with E-state index in [1.165, 1.54) is 5.56 Å². The Balaban J connectivity index is 1.72. The van der Waals surface area contributed by atoms with Gasteiger partial charge < -0.3 is 14.3 Å². The van der Waals surface area contributed by atoms with Crippen molar-refractivity contribution in [1.29, 1.82) is 0 Å². The second kappa shape index (κ2) is 5.05. The van der Waals surface area contributed by atoms with Crippen LogP contribution in [0.4, 0.5) is 0 Å². The third kappa shape index (κ3) is 1.87. The van der Waals surface area contributed by atoms with E-state index in [9.17, 15) is 0 Å². The number of oxime groups is 1. The second-order valence-electron chi connectivity index (χ2n) is 5.59. The van der Waals surface area contributed by atoms with Gasteiger partial charge in [-0.25, -0.2) is 0 Å². The Labute approximate surface area is 129 Å². The highest BCUT2D eigenvalue weighted by Crippen LogP contribution is 2.45. The van der Waals surface area contributed by atoms with E-state index in [0.29, 0.717) is 0 Å². The number of ether oxygens (including phenoxy) is 2. The summed E-state index contributed by atoms with van der Waals surface area (Å²) in [6.45, 7) is 0. The van der Waals surface area contributed by atoms with E-state index < -0.39 is 0 Å².